The highest BCUT2D eigenvalue weighted by Gasteiger charge is 2.20. The summed E-state index contributed by atoms with van der Waals surface area (Å²) < 4.78 is 10.7. The van der Waals surface area contributed by atoms with Crippen LogP contribution in [0.5, 0.6) is 11.5 Å². The van der Waals surface area contributed by atoms with Gasteiger partial charge in [-0.25, -0.2) is 9.78 Å². The normalized spacial score (nSPS) is 13.7. The van der Waals surface area contributed by atoms with Crippen LogP contribution in [0.2, 0.25) is 0 Å². The minimum atomic E-state index is -1.02. The number of rotatable bonds is 4. The lowest BCUT2D eigenvalue weighted by molar-refractivity contribution is -0.137. The Morgan fingerprint density at radius 1 is 1.48 bits per heavy atom. The van der Waals surface area contributed by atoms with E-state index in [9.17, 15) is 4.79 Å². The minimum absolute atomic E-state index is 0.0674. The van der Waals surface area contributed by atoms with Gasteiger partial charge in [-0.1, -0.05) is 0 Å². The second-order valence-corrected chi connectivity index (χ2v) is 4.53. The van der Waals surface area contributed by atoms with Crippen molar-refractivity contribution in [2.24, 2.45) is 0 Å². The van der Waals surface area contributed by atoms with Gasteiger partial charge in [0.2, 0.25) is 6.79 Å². The van der Waals surface area contributed by atoms with Gasteiger partial charge in [0, 0.05) is 18.0 Å². The first-order valence-electron chi connectivity index (χ1n) is 6.30. The van der Waals surface area contributed by atoms with Crippen LogP contribution in [0.4, 0.5) is 5.82 Å². The van der Waals surface area contributed by atoms with Crippen LogP contribution in [-0.4, -0.2) is 28.9 Å². The standard InChI is InChI=1S/C15H12N2O4/c1-2-3-11(15(18)19)17-14-10-7-13-12(20-8-21-13)6-9(10)4-5-16-14/h1,4-7,11H,3,8H2,(H,16,17)(H,18,19). The molecule has 0 amide bonds. The number of carboxylic acids is 1. The molecule has 21 heavy (non-hydrogen) atoms. The number of aromatic nitrogens is 1. The van der Waals surface area contributed by atoms with Gasteiger partial charge in [-0.05, 0) is 23.6 Å². The van der Waals surface area contributed by atoms with Gasteiger partial charge in [-0.2, -0.15) is 0 Å². The molecule has 1 aliphatic rings. The van der Waals surface area contributed by atoms with Crippen molar-refractivity contribution in [1.29, 1.82) is 0 Å². The lowest BCUT2D eigenvalue weighted by atomic mass is 10.1. The molecule has 0 radical (unpaired) electrons. The number of nitrogens with zero attached hydrogens (tertiary/aromatic N) is 1. The quantitative estimate of drug-likeness (QED) is 0.834. The second-order valence-electron chi connectivity index (χ2n) is 4.53. The molecule has 2 heterocycles. The smallest absolute Gasteiger partial charge is 0.327 e. The summed E-state index contributed by atoms with van der Waals surface area (Å²) in [5, 5.41) is 13.7. The third kappa shape index (κ3) is 2.41. The molecule has 1 aromatic carbocycles. The summed E-state index contributed by atoms with van der Waals surface area (Å²) in [6.07, 6.45) is 6.86. The number of anilines is 1. The van der Waals surface area contributed by atoms with Crippen LogP contribution in [0.15, 0.2) is 24.4 Å². The molecule has 106 valence electrons. The molecule has 6 nitrogen and oxygen atoms in total. The molecule has 1 aliphatic heterocycles. The molecule has 0 saturated heterocycles. The van der Waals surface area contributed by atoms with Crippen LogP contribution in [0.1, 0.15) is 6.42 Å². The summed E-state index contributed by atoms with van der Waals surface area (Å²) in [6.45, 7) is 0.177. The van der Waals surface area contributed by atoms with E-state index in [4.69, 9.17) is 21.0 Å². The Morgan fingerprint density at radius 3 is 2.95 bits per heavy atom. The van der Waals surface area contributed by atoms with E-state index in [0.29, 0.717) is 17.3 Å². The van der Waals surface area contributed by atoms with E-state index < -0.39 is 12.0 Å². The van der Waals surface area contributed by atoms with Crippen molar-refractivity contribution in [3.8, 4) is 23.8 Å². The number of aliphatic carboxylic acids is 1. The molecule has 1 aromatic heterocycles. The Morgan fingerprint density at radius 2 is 2.24 bits per heavy atom. The molecule has 0 fully saturated rings. The first kappa shape index (κ1) is 13.1. The van der Waals surface area contributed by atoms with E-state index in [1.54, 1.807) is 12.3 Å². The third-order valence-electron chi connectivity index (χ3n) is 3.19. The number of terminal acetylenes is 1. The predicted octanol–water partition coefficient (Wildman–Crippen LogP) is 1.85. The molecule has 0 spiro atoms. The van der Waals surface area contributed by atoms with Gasteiger partial charge in [-0.3, -0.25) is 0 Å². The van der Waals surface area contributed by atoms with Gasteiger partial charge in [0.05, 0.1) is 0 Å². The van der Waals surface area contributed by atoms with Gasteiger partial charge >= 0.3 is 5.97 Å². The van der Waals surface area contributed by atoms with Crippen molar-refractivity contribution in [2.45, 2.75) is 12.5 Å². The average molecular weight is 284 g/mol. The summed E-state index contributed by atoms with van der Waals surface area (Å²) in [4.78, 5) is 15.4. The zero-order valence-corrected chi connectivity index (χ0v) is 11.0. The maximum atomic E-state index is 11.2. The zero-order chi connectivity index (χ0) is 14.8. The SMILES string of the molecule is C#CCC(Nc1nccc2cc3c(cc12)OCO3)C(=O)O. The monoisotopic (exact) mass is 284 g/mol. The molecule has 2 N–H and O–H groups in total. The lowest BCUT2D eigenvalue weighted by Gasteiger charge is -2.14. The highest BCUT2D eigenvalue weighted by atomic mass is 16.7. The number of pyridine rings is 1. The summed E-state index contributed by atoms with van der Waals surface area (Å²) in [5.41, 5.74) is 0. The van der Waals surface area contributed by atoms with Gasteiger partial charge in [0.15, 0.2) is 11.5 Å². The Hall–Kier alpha value is -2.94. The summed E-state index contributed by atoms with van der Waals surface area (Å²) >= 11 is 0. The summed E-state index contributed by atoms with van der Waals surface area (Å²) in [6, 6.07) is 4.54. The zero-order valence-electron chi connectivity index (χ0n) is 11.0. The number of hydrogen-bond donors (Lipinski definition) is 2. The van der Waals surface area contributed by atoms with Crippen LogP contribution in [0.3, 0.4) is 0 Å². The molecular formula is C15H12N2O4. The van der Waals surface area contributed by atoms with Crippen molar-refractivity contribution >= 4 is 22.6 Å². The fraction of sp³-hybridized carbons (Fsp3) is 0.200. The molecule has 1 unspecified atom stereocenters. The van der Waals surface area contributed by atoms with Crippen molar-refractivity contribution in [2.75, 3.05) is 12.1 Å². The summed E-state index contributed by atoms with van der Waals surface area (Å²) in [5.74, 6) is 3.05. The first-order chi connectivity index (χ1) is 10.2. The molecule has 6 heteroatoms. The van der Waals surface area contributed by atoms with Crippen LogP contribution in [-0.2, 0) is 4.79 Å². The van der Waals surface area contributed by atoms with Gasteiger partial charge in [0.1, 0.15) is 11.9 Å². The number of carboxylic acid groups (broad SMARTS) is 1. The molecule has 0 aliphatic carbocycles. The lowest BCUT2D eigenvalue weighted by Crippen LogP contribution is -2.29. The number of hydrogen-bond acceptors (Lipinski definition) is 5. The highest BCUT2D eigenvalue weighted by Crippen LogP contribution is 2.37. The number of benzene rings is 1. The molecule has 0 bridgehead atoms. The van der Waals surface area contributed by atoms with Crippen LogP contribution < -0.4 is 14.8 Å². The molecule has 2 aromatic rings. The van der Waals surface area contributed by atoms with E-state index in [2.05, 4.69) is 16.2 Å². The largest absolute Gasteiger partial charge is 0.480 e. The van der Waals surface area contributed by atoms with Crippen molar-refractivity contribution in [3.63, 3.8) is 0 Å². The number of nitrogens with one attached hydrogen (secondary N) is 1. The van der Waals surface area contributed by atoms with E-state index >= 15 is 0 Å². The van der Waals surface area contributed by atoms with Crippen LogP contribution in [0.25, 0.3) is 10.8 Å². The maximum absolute atomic E-state index is 11.2. The number of fused-ring (bicyclic) bond motifs is 2. The molecule has 0 saturated carbocycles. The fourth-order valence-corrected chi connectivity index (χ4v) is 2.16. The Kier molecular flexibility index (Phi) is 3.24. The average Bonchev–Trinajstić information content (AvgIpc) is 2.92. The Balaban J connectivity index is 2.02. The fourth-order valence-electron chi connectivity index (χ4n) is 2.16. The van der Waals surface area contributed by atoms with Crippen LogP contribution in [0, 0.1) is 12.3 Å². The predicted molar refractivity (Wildman–Crippen MR) is 76.4 cm³/mol. The summed E-state index contributed by atoms with van der Waals surface area (Å²) in [7, 11) is 0. The Labute approximate surface area is 120 Å². The van der Waals surface area contributed by atoms with E-state index in [0.717, 1.165) is 10.8 Å². The number of carbonyl (C=O) groups is 1. The van der Waals surface area contributed by atoms with Gasteiger partial charge in [0.25, 0.3) is 0 Å². The first-order valence-corrected chi connectivity index (χ1v) is 6.30. The minimum Gasteiger partial charge on any atom is -0.480 e. The Bertz CT molecular complexity index is 751. The van der Waals surface area contributed by atoms with E-state index in [1.165, 1.54) is 0 Å². The van der Waals surface area contributed by atoms with Gasteiger partial charge in [-0.15, -0.1) is 12.3 Å². The molecule has 1 atom stereocenters. The maximum Gasteiger partial charge on any atom is 0.327 e. The van der Waals surface area contributed by atoms with Crippen molar-refractivity contribution < 1.29 is 19.4 Å². The van der Waals surface area contributed by atoms with E-state index in [-0.39, 0.29) is 13.2 Å². The van der Waals surface area contributed by atoms with Gasteiger partial charge < -0.3 is 19.9 Å². The highest BCUT2D eigenvalue weighted by molar-refractivity contribution is 5.95. The van der Waals surface area contributed by atoms with Crippen molar-refractivity contribution in [3.05, 3.63) is 24.4 Å². The van der Waals surface area contributed by atoms with Crippen LogP contribution >= 0.6 is 0 Å². The van der Waals surface area contributed by atoms with E-state index in [1.807, 2.05) is 12.1 Å². The third-order valence-corrected chi connectivity index (χ3v) is 3.19. The molecular weight excluding hydrogens is 272 g/mol. The molecule has 3 rings (SSSR count). The second kappa shape index (κ2) is 5.21. The number of ether oxygens (including phenoxy) is 2. The van der Waals surface area contributed by atoms with Crippen molar-refractivity contribution in [1.82, 2.24) is 4.98 Å². The topological polar surface area (TPSA) is 80.7 Å².